The number of hydrogen-bond donors (Lipinski definition) is 0. The number of aryl methyl sites for hydroxylation is 1. The lowest BCUT2D eigenvalue weighted by molar-refractivity contribution is 0.0621. The van der Waals surface area contributed by atoms with Crippen LogP contribution in [-0.4, -0.2) is 28.5 Å². The van der Waals surface area contributed by atoms with Crippen LogP contribution in [0.5, 0.6) is 0 Å². The van der Waals surface area contributed by atoms with E-state index in [2.05, 4.69) is 29.8 Å². The smallest absolute Gasteiger partial charge is 0.270 e. The highest BCUT2D eigenvalue weighted by Gasteiger charge is 2.29. The predicted molar refractivity (Wildman–Crippen MR) is 72.0 cm³/mol. The molecule has 0 radical (unpaired) electrons. The highest BCUT2D eigenvalue weighted by Crippen LogP contribution is 2.30. The number of aromatic nitrogens is 1. The summed E-state index contributed by atoms with van der Waals surface area (Å²) in [6, 6.07) is 1.89. The molecule has 2 rings (SSSR count). The zero-order chi connectivity index (χ0) is 12.6. The largest absolute Gasteiger partial charge is 0.345 e. The van der Waals surface area contributed by atoms with Gasteiger partial charge in [-0.15, -0.1) is 0 Å². The number of carbonyl (C=O) groups is 1. The molecule has 1 aliphatic rings. The summed E-state index contributed by atoms with van der Waals surface area (Å²) in [5.41, 5.74) is 1.14. The standard InChI is InChI=1S/C13H19BrN2O/c1-13(2)4-6-16(7-5-13)12(17)11-8-10(14)9-15(11)3/h8-9H,4-7H2,1-3H3. The summed E-state index contributed by atoms with van der Waals surface area (Å²) in [5.74, 6) is 0.147. The SMILES string of the molecule is Cn1cc(Br)cc1C(=O)N1CCC(C)(C)CC1. The molecule has 1 fully saturated rings. The molecule has 4 heteroatoms. The molecule has 0 aliphatic carbocycles. The van der Waals surface area contributed by atoms with Crippen molar-refractivity contribution in [3.63, 3.8) is 0 Å². The van der Waals surface area contributed by atoms with Gasteiger partial charge in [-0.2, -0.15) is 0 Å². The zero-order valence-electron chi connectivity index (χ0n) is 10.7. The third-order valence-electron chi connectivity index (χ3n) is 3.59. The van der Waals surface area contributed by atoms with Crippen LogP contribution >= 0.6 is 15.9 Å². The van der Waals surface area contributed by atoms with E-state index in [-0.39, 0.29) is 5.91 Å². The molecule has 0 N–H and O–H groups in total. The molecule has 0 saturated carbocycles. The van der Waals surface area contributed by atoms with Gasteiger partial charge in [0, 0.05) is 30.8 Å². The van der Waals surface area contributed by atoms with Gasteiger partial charge in [0.25, 0.3) is 5.91 Å². The molecule has 1 aromatic heterocycles. The van der Waals surface area contributed by atoms with E-state index in [1.807, 2.05) is 28.8 Å². The lowest BCUT2D eigenvalue weighted by Crippen LogP contribution is -2.41. The van der Waals surface area contributed by atoms with Crippen molar-refractivity contribution in [3.8, 4) is 0 Å². The number of hydrogen-bond acceptors (Lipinski definition) is 1. The van der Waals surface area contributed by atoms with Crippen LogP contribution in [-0.2, 0) is 7.05 Å². The van der Waals surface area contributed by atoms with Crippen LogP contribution in [0.3, 0.4) is 0 Å². The molecular formula is C13H19BrN2O. The molecule has 0 bridgehead atoms. The van der Waals surface area contributed by atoms with E-state index in [1.165, 1.54) is 0 Å². The van der Waals surface area contributed by atoms with Gasteiger partial charge in [0.05, 0.1) is 0 Å². The van der Waals surface area contributed by atoms with Crippen molar-refractivity contribution in [2.75, 3.05) is 13.1 Å². The Bertz CT molecular complexity index is 427. The lowest BCUT2D eigenvalue weighted by atomic mass is 9.82. The third kappa shape index (κ3) is 2.73. The molecule has 3 nitrogen and oxygen atoms in total. The average molecular weight is 299 g/mol. The normalized spacial score (nSPS) is 19.4. The fraction of sp³-hybridized carbons (Fsp3) is 0.615. The number of amides is 1. The first-order valence-electron chi connectivity index (χ1n) is 6.00. The van der Waals surface area contributed by atoms with E-state index in [1.54, 1.807) is 0 Å². The first-order chi connectivity index (χ1) is 7.89. The molecule has 2 heterocycles. The van der Waals surface area contributed by atoms with Crippen LogP contribution in [0.25, 0.3) is 0 Å². The van der Waals surface area contributed by atoms with E-state index < -0.39 is 0 Å². The molecule has 1 amide bonds. The summed E-state index contributed by atoms with van der Waals surface area (Å²) in [4.78, 5) is 14.3. The fourth-order valence-electron chi connectivity index (χ4n) is 2.21. The second-order valence-electron chi connectivity index (χ2n) is 5.61. The van der Waals surface area contributed by atoms with Crippen molar-refractivity contribution in [3.05, 3.63) is 22.4 Å². The summed E-state index contributed by atoms with van der Waals surface area (Å²) in [5, 5.41) is 0. The minimum Gasteiger partial charge on any atom is -0.345 e. The van der Waals surface area contributed by atoms with E-state index >= 15 is 0 Å². The first-order valence-corrected chi connectivity index (χ1v) is 6.79. The summed E-state index contributed by atoms with van der Waals surface area (Å²) in [6.45, 7) is 6.28. The molecule has 94 valence electrons. The lowest BCUT2D eigenvalue weighted by Gasteiger charge is -2.36. The Morgan fingerprint density at radius 3 is 2.41 bits per heavy atom. The fourth-order valence-corrected chi connectivity index (χ4v) is 2.74. The Balaban J connectivity index is 2.09. The molecular weight excluding hydrogens is 280 g/mol. The van der Waals surface area contributed by atoms with Crippen LogP contribution in [0.1, 0.15) is 37.2 Å². The maximum atomic E-state index is 12.3. The number of likely N-dealkylation sites (tertiary alicyclic amines) is 1. The second-order valence-corrected chi connectivity index (χ2v) is 6.53. The van der Waals surface area contributed by atoms with E-state index in [0.717, 1.165) is 36.1 Å². The van der Waals surface area contributed by atoms with Crippen LogP contribution in [0.4, 0.5) is 0 Å². The van der Waals surface area contributed by atoms with Gasteiger partial charge in [0.15, 0.2) is 0 Å². The van der Waals surface area contributed by atoms with Crippen molar-refractivity contribution in [1.82, 2.24) is 9.47 Å². The van der Waals surface area contributed by atoms with Crippen molar-refractivity contribution >= 4 is 21.8 Å². The van der Waals surface area contributed by atoms with Gasteiger partial charge in [-0.3, -0.25) is 4.79 Å². The Hall–Kier alpha value is -0.770. The summed E-state index contributed by atoms with van der Waals surface area (Å²) in [6.07, 6.45) is 4.09. The Kier molecular flexibility index (Phi) is 3.34. The van der Waals surface area contributed by atoms with Crippen LogP contribution < -0.4 is 0 Å². The van der Waals surface area contributed by atoms with Crippen LogP contribution in [0.15, 0.2) is 16.7 Å². The Morgan fingerprint density at radius 1 is 1.35 bits per heavy atom. The summed E-state index contributed by atoms with van der Waals surface area (Å²) >= 11 is 3.40. The highest BCUT2D eigenvalue weighted by atomic mass is 79.9. The first kappa shape index (κ1) is 12.7. The quantitative estimate of drug-likeness (QED) is 0.782. The molecule has 1 saturated heterocycles. The maximum absolute atomic E-state index is 12.3. The van der Waals surface area contributed by atoms with Gasteiger partial charge < -0.3 is 9.47 Å². The monoisotopic (exact) mass is 298 g/mol. The van der Waals surface area contributed by atoms with Crippen molar-refractivity contribution in [1.29, 1.82) is 0 Å². The molecule has 0 aromatic carbocycles. The predicted octanol–water partition coefficient (Wildman–Crippen LogP) is 3.05. The van der Waals surface area contributed by atoms with E-state index in [9.17, 15) is 4.79 Å². The van der Waals surface area contributed by atoms with Crippen LogP contribution in [0.2, 0.25) is 0 Å². The Morgan fingerprint density at radius 2 is 1.94 bits per heavy atom. The maximum Gasteiger partial charge on any atom is 0.270 e. The molecule has 0 unspecified atom stereocenters. The van der Waals surface area contributed by atoms with E-state index in [0.29, 0.717) is 5.41 Å². The van der Waals surface area contributed by atoms with Gasteiger partial charge in [-0.25, -0.2) is 0 Å². The minimum atomic E-state index is 0.147. The van der Waals surface area contributed by atoms with Crippen molar-refractivity contribution in [2.45, 2.75) is 26.7 Å². The molecule has 0 spiro atoms. The number of nitrogens with zero attached hydrogens (tertiary/aromatic N) is 2. The number of halogens is 1. The Labute approximate surface area is 111 Å². The van der Waals surface area contributed by atoms with Crippen molar-refractivity contribution < 1.29 is 4.79 Å². The zero-order valence-corrected chi connectivity index (χ0v) is 12.2. The summed E-state index contributed by atoms with van der Waals surface area (Å²) < 4.78 is 2.84. The molecule has 17 heavy (non-hydrogen) atoms. The molecule has 1 aromatic rings. The number of carbonyl (C=O) groups excluding carboxylic acids is 1. The topological polar surface area (TPSA) is 25.2 Å². The van der Waals surface area contributed by atoms with Gasteiger partial charge >= 0.3 is 0 Å². The van der Waals surface area contributed by atoms with Gasteiger partial charge in [0.2, 0.25) is 0 Å². The molecule has 0 atom stereocenters. The van der Waals surface area contributed by atoms with Gasteiger partial charge in [-0.1, -0.05) is 13.8 Å². The van der Waals surface area contributed by atoms with Crippen molar-refractivity contribution in [2.24, 2.45) is 12.5 Å². The summed E-state index contributed by atoms with van der Waals surface area (Å²) in [7, 11) is 1.91. The third-order valence-corrected chi connectivity index (χ3v) is 4.03. The van der Waals surface area contributed by atoms with E-state index in [4.69, 9.17) is 0 Å². The number of rotatable bonds is 1. The highest BCUT2D eigenvalue weighted by molar-refractivity contribution is 9.10. The molecule has 1 aliphatic heterocycles. The van der Waals surface area contributed by atoms with Gasteiger partial charge in [-0.05, 0) is 40.3 Å². The minimum absolute atomic E-state index is 0.147. The second kappa shape index (κ2) is 4.48. The van der Waals surface area contributed by atoms with Crippen LogP contribution in [0, 0.1) is 5.41 Å². The van der Waals surface area contributed by atoms with Gasteiger partial charge in [0.1, 0.15) is 5.69 Å². The average Bonchev–Trinajstić information content (AvgIpc) is 2.57. The number of piperidine rings is 1.